The molecule has 2 aliphatic heterocycles. The van der Waals surface area contributed by atoms with Crippen molar-refractivity contribution in [2.24, 2.45) is 5.92 Å². The van der Waals surface area contributed by atoms with E-state index in [1.807, 2.05) is 0 Å². The highest BCUT2D eigenvalue weighted by molar-refractivity contribution is 5.84. The predicted octanol–water partition coefficient (Wildman–Crippen LogP) is 2.14. The Morgan fingerprint density at radius 2 is 2.21 bits per heavy atom. The molecule has 110 valence electrons. The minimum absolute atomic E-state index is 0.0599. The normalized spacial score (nSPS) is 31.4. The first kappa shape index (κ1) is 14.8. The Balaban J connectivity index is 1.84. The first-order valence-corrected chi connectivity index (χ1v) is 7.90. The molecule has 19 heavy (non-hydrogen) atoms. The van der Waals surface area contributed by atoms with Crippen molar-refractivity contribution in [3.63, 3.8) is 0 Å². The smallest absolute Gasteiger partial charge is 0.241 e. The SMILES string of the molecule is CCCCC1NC(CC)N(CCC2CCOC2)C1=O. The first-order valence-electron chi connectivity index (χ1n) is 7.90. The average Bonchev–Trinajstić information content (AvgIpc) is 3.03. The number of unbranched alkanes of at least 4 members (excludes halogenated alkanes) is 1. The van der Waals surface area contributed by atoms with Crippen LogP contribution in [0.1, 0.15) is 52.4 Å². The van der Waals surface area contributed by atoms with Gasteiger partial charge in [0.25, 0.3) is 0 Å². The number of hydrogen-bond acceptors (Lipinski definition) is 3. The number of carbonyl (C=O) groups excluding carboxylic acids is 1. The van der Waals surface area contributed by atoms with E-state index in [9.17, 15) is 4.79 Å². The third kappa shape index (κ3) is 3.69. The summed E-state index contributed by atoms with van der Waals surface area (Å²) in [6.07, 6.45) is 6.75. The predicted molar refractivity (Wildman–Crippen MR) is 75.8 cm³/mol. The summed E-state index contributed by atoms with van der Waals surface area (Å²) in [7, 11) is 0. The Labute approximate surface area is 116 Å². The maximum absolute atomic E-state index is 12.4. The van der Waals surface area contributed by atoms with Gasteiger partial charge in [0.2, 0.25) is 5.91 Å². The Kier molecular flexibility index (Phi) is 5.64. The van der Waals surface area contributed by atoms with E-state index in [2.05, 4.69) is 24.1 Å². The monoisotopic (exact) mass is 268 g/mol. The van der Waals surface area contributed by atoms with Crippen LogP contribution >= 0.6 is 0 Å². The maximum Gasteiger partial charge on any atom is 0.241 e. The summed E-state index contributed by atoms with van der Waals surface area (Å²) in [5, 5.41) is 3.50. The molecule has 0 aliphatic carbocycles. The second-order valence-electron chi connectivity index (χ2n) is 5.84. The molecule has 2 heterocycles. The van der Waals surface area contributed by atoms with E-state index in [0.29, 0.717) is 11.8 Å². The van der Waals surface area contributed by atoms with E-state index in [-0.39, 0.29) is 12.2 Å². The van der Waals surface area contributed by atoms with Crippen molar-refractivity contribution in [2.45, 2.75) is 64.6 Å². The molecular formula is C15H28N2O2. The van der Waals surface area contributed by atoms with Crippen LogP contribution in [0.2, 0.25) is 0 Å². The van der Waals surface area contributed by atoms with Crippen LogP contribution in [0.15, 0.2) is 0 Å². The molecule has 0 aromatic carbocycles. The van der Waals surface area contributed by atoms with E-state index < -0.39 is 0 Å². The second kappa shape index (κ2) is 7.25. The quantitative estimate of drug-likeness (QED) is 0.769. The van der Waals surface area contributed by atoms with Crippen molar-refractivity contribution in [1.29, 1.82) is 0 Å². The number of nitrogens with zero attached hydrogens (tertiary/aromatic N) is 1. The zero-order valence-corrected chi connectivity index (χ0v) is 12.4. The molecule has 2 saturated heterocycles. The lowest BCUT2D eigenvalue weighted by Gasteiger charge is -2.24. The standard InChI is InChI=1S/C15H28N2O2/c1-3-5-6-13-15(18)17(14(4-2)16-13)9-7-12-8-10-19-11-12/h12-14,16H,3-11H2,1-2H3. The molecule has 4 heteroatoms. The molecule has 1 amide bonds. The van der Waals surface area contributed by atoms with Crippen molar-refractivity contribution in [3.8, 4) is 0 Å². The Hall–Kier alpha value is -0.610. The van der Waals surface area contributed by atoms with Crippen LogP contribution < -0.4 is 5.32 Å². The fourth-order valence-electron chi connectivity index (χ4n) is 3.10. The summed E-state index contributed by atoms with van der Waals surface area (Å²) >= 11 is 0. The largest absolute Gasteiger partial charge is 0.381 e. The van der Waals surface area contributed by atoms with E-state index in [1.165, 1.54) is 0 Å². The van der Waals surface area contributed by atoms with Crippen LogP contribution in [-0.4, -0.2) is 42.8 Å². The van der Waals surface area contributed by atoms with Crippen LogP contribution in [-0.2, 0) is 9.53 Å². The van der Waals surface area contributed by atoms with Crippen molar-refractivity contribution in [2.75, 3.05) is 19.8 Å². The van der Waals surface area contributed by atoms with Gasteiger partial charge in [-0.05, 0) is 31.6 Å². The van der Waals surface area contributed by atoms with Gasteiger partial charge >= 0.3 is 0 Å². The molecule has 1 N–H and O–H groups in total. The molecule has 0 bridgehead atoms. The fourth-order valence-corrected chi connectivity index (χ4v) is 3.10. The molecule has 4 nitrogen and oxygen atoms in total. The van der Waals surface area contributed by atoms with E-state index in [0.717, 1.165) is 58.3 Å². The topological polar surface area (TPSA) is 41.6 Å². The van der Waals surface area contributed by atoms with E-state index in [4.69, 9.17) is 4.74 Å². The van der Waals surface area contributed by atoms with Gasteiger partial charge < -0.3 is 9.64 Å². The lowest BCUT2D eigenvalue weighted by Crippen LogP contribution is -2.38. The molecule has 0 aromatic rings. The van der Waals surface area contributed by atoms with Crippen LogP contribution in [0.25, 0.3) is 0 Å². The first-order chi connectivity index (χ1) is 9.26. The van der Waals surface area contributed by atoms with Crippen molar-refractivity contribution in [3.05, 3.63) is 0 Å². The van der Waals surface area contributed by atoms with Gasteiger partial charge in [0, 0.05) is 19.8 Å². The average molecular weight is 268 g/mol. The molecular weight excluding hydrogens is 240 g/mol. The zero-order valence-electron chi connectivity index (χ0n) is 12.4. The van der Waals surface area contributed by atoms with Crippen LogP contribution in [0.5, 0.6) is 0 Å². The van der Waals surface area contributed by atoms with E-state index >= 15 is 0 Å². The Bertz CT molecular complexity index is 290. The molecule has 2 aliphatic rings. The molecule has 3 atom stereocenters. The third-order valence-corrected chi connectivity index (χ3v) is 4.39. The summed E-state index contributed by atoms with van der Waals surface area (Å²) in [4.78, 5) is 14.5. The number of carbonyl (C=O) groups is 1. The Morgan fingerprint density at radius 1 is 1.37 bits per heavy atom. The fraction of sp³-hybridized carbons (Fsp3) is 0.933. The lowest BCUT2D eigenvalue weighted by molar-refractivity contribution is -0.130. The van der Waals surface area contributed by atoms with Gasteiger partial charge in [-0.25, -0.2) is 0 Å². The number of nitrogens with one attached hydrogen (secondary N) is 1. The highest BCUT2D eigenvalue weighted by atomic mass is 16.5. The second-order valence-corrected chi connectivity index (χ2v) is 5.84. The molecule has 3 unspecified atom stereocenters. The van der Waals surface area contributed by atoms with Gasteiger partial charge in [0.05, 0.1) is 12.2 Å². The van der Waals surface area contributed by atoms with E-state index in [1.54, 1.807) is 0 Å². The van der Waals surface area contributed by atoms with Crippen molar-refractivity contribution < 1.29 is 9.53 Å². The molecule has 0 radical (unpaired) electrons. The third-order valence-electron chi connectivity index (χ3n) is 4.39. The van der Waals surface area contributed by atoms with Gasteiger partial charge in [-0.15, -0.1) is 0 Å². The molecule has 0 aromatic heterocycles. The summed E-state index contributed by atoms with van der Waals surface area (Å²) < 4.78 is 5.41. The molecule has 0 saturated carbocycles. The summed E-state index contributed by atoms with van der Waals surface area (Å²) in [5.41, 5.74) is 0. The number of amides is 1. The minimum Gasteiger partial charge on any atom is -0.381 e. The number of rotatable bonds is 7. The zero-order chi connectivity index (χ0) is 13.7. The highest BCUT2D eigenvalue weighted by Crippen LogP contribution is 2.21. The highest BCUT2D eigenvalue weighted by Gasteiger charge is 2.37. The van der Waals surface area contributed by atoms with Gasteiger partial charge in [0.1, 0.15) is 0 Å². The lowest BCUT2D eigenvalue weighted by atomic mass is 10.0. The van der Waals surface area contributed by atoms with Crippen molar-refractivity contribution in [1.82, 2.24) is 10.2 Å². The summed E-state index contributed by atoms with van der Waals surface area (Å²) in [6, 6.07) is 0.0599. The van der Waals surface area contributed by atoms with Crippen LogP contribution in [0.3, 0.4) is 0 Å². The van der Waals surface area contributed by atoms with Crippen molar-refractivity contribution >= 4 is 5.91 Å². The van der Waals surface area contributed by atoms with Gasteiger partial charge in [0.15, 0.2) is 0 Å². The molecule has 2 rings (SSSR count). The summed E-state index contributed by atoms with van der Waals surface area (Å²) in [5.74, 6) is 0.971. The molecule has 0 spiro atoms. The van der Waals surface area contributed by atoms with Crippen LogP contribution in [0, 0.1) is 5.92 Å². The van der Waals surface area contributed by atoms with Crippen LogP contribution in [0.4, 0.5) is 0 Å². The number of ether oxygens (including phenoxy) is 1. The maximum atomic E-state index is 12.4. The molecule has 2 fully saturated rings. The number of hydrogen-bond donors (Lipinski definition) is 1. The van der Waals surface area contributed by atoms with Gasteiger partial charge in [-0.3, -0.25) is 10.1 Å². The minimum atomic E-state index is 0.0599. The van der Waals surface area contributed by atoms with Gasteiger partial charge in [-0.2, -0.15) is 0 Å². The summed E-state index contributed by atoms with van der Waals surface area (Å²) in [6.45, 7) is 6.99. The Morgan fingerprint density at radius 3 is 2.84 bits per heavy atom. The van der Waals surface area contributed by atoms with Gasteiger partial charge in [-0.1, -0.05) is 26.7 Å².